The standard InChI is InChI=1S/C10H12N4/c1-14-10(4-5-13-14)9-3-2-8(6-11)7-12-9/h2-5,7H,6,11H2,1H3. The summed E-state index contributed by atoms with van der Waals surface area (Å²) in [7, 11) is 1.90. The number of hydrogen-bond acceptors (Lipinski definition) is 3. The maximum atomic E-state index is 5.49. The van der Waals surface area contributed by atoms with Crippen molar-refractivity contribution in [3.05, 3.63) is 36.2 Å². The van der Waals surface area contributed by atoms with Gasteiger partial charge in [0.1, 0.15) is 0 Å². The SMILES string of the molecule is Cn1nccc1-c1ccc(CN)cn1. The van der Waals surface area contributed by atoms with Crippen LogP contribution in [-0.4, -0.2) is 14.8 Å². The van der Waals surface area contributed by atoms with Gasteiger partial charge in [0.25, 0.3) is 0 Å². The normalized spacial score (nSPS) is 10.4. The van der Waals surface area contributed by atoms with Crippen LogP contribution in [0.5, 0.6) is 0 Å². The van der Waals surface area contributed by atoms with Gasteiger partial charge in [-0.05, 0) is 17.7 Å². The minimum Gasteiger partial charge on any atom is -0.326 e. The fourth-order valence-electron chi connectivity index (χ4n) is 1.32. The van der Waals surface area contributed by atoms with Crippen LogP contribution >= 0.6 is 0 Å². The zero-order valence-electron chi connectivity index (χ0n) is 8.01. The number of nitrogens with two attached hydrogens (primary N) is 1. The highest BCUT2D eigenvalue weighted by atomic mass is 15.3. The van der Waals surface area contributed by atoms with Crippen LogP contribution in [0.1, 0.15) is 5.56 Å². The van der Waals surface area contributed by atoms with E-state index in [4.69, 9.17) is 5.73 Å². The van der Waals surface area contributed by atoms with Crippen molar-refractivity contribution < 1.29 is 0 Å². The molecule has 0 saturated heterocycles. The second kappa shape index (κ2) is 3.59. The molecule has 0 fully saturated rings. The molecule has 4 nitrogen and oxygen atoms in total. The molecule has 0 aliphatic rings. The number of pyridine rings is 1. The lowest BCUT2D eigenvalue weighted by Gasteiger charge is -2.01. The van der Waals surface area contributed by atoms with Crippen molar-refractivity contribution in [3.8, 4) is 11.4 Å². The third-order valence-corrected chi connectivity index (χ3v) is 2.14. The second-order valence-corrected chi connectivity index (χ2v) is 3.10. The van der Waals surface area contributed by atoms with Crippen LogP contribution in [0.4, 0.5) is 0 Å². The quantitative estimate of drug-likeness (QED) is 0.763. The van der Waals surface area contributed by atoms with Crippen molar-refractivity contribution in [1.82, 2.24) is 14.8 Å². The molecule has 2 heterocycles. The first-order valence-electron chi connectivity index (χ1n) is 4.44. The molecule has 2 N–H and O–H groups in total. The molecule has 0 bridgehead atoms. The first-order chi connectivity index (χ1) is 6.81. The smallest absolute Gasteiger partial charge is 0.0883 e. The highest BCUT2D eigenvalue weighted by molar-refractivity contribution is 5.53. The summed E-state index contributed by atoms with van der Waals surface area (Å²) in [6.45, 7) is 0.526. The van der Waals surface area contributed by atoms with Crippen molar-refractivity contribution in [2.45, 2.75) is 6.54 Å². The first kappa shape index (κ1) is 8.90. The Balaban J connectivity index is 2.39. The molecule has 14 heavy (non-hydrogen) atoms. The summed E-state index contributed by atoms with van der Waals surface area (Å²) in [6, 6.07) is 5.87. The Morgan fingerprint density at radius 3 is 2.71 bits per heavy atom. The van der Waals surface area contributed by atoms with Gasteiger partial charge in [0.2, 0.25) is 0 Å². The monoisotopic (exact) mass is 188 g/mol. The summed E-state index contributed by atoms with van der Waals surface area (Å²) in [5, 5.41) is 4.09. The molecule has 0 amide bonds. The molecule has 0 saturated carbocycles. The van der Waals surface area contributed by atoms with E-state index in [1.165, 1.54) is 0 Å². The van der Waals surface area contributed by atoms with Gasteiger partial charge in [-0.15, -0.1) is 0 Å². The van der Waals surface area contributed by atoms with Crippen molar-refractivity contribution in [3.63, 3.8) is 0 Å². The van der Waals surface area contributed by atoms with Gasteiger partial charge < -0.3 is 5.73 Å². The van der Waals surface area contributed by atoms with Gasteiger partial charge in [0, 0.05) is 26.0 Å². The maximum absolute atomic E-state index is 5.49. The summed E-state index contributed by atoms with van der Waals surface area (Å²) in [6.07, 6.45) is 3.55. The van der Waals surface area contributed by atoms with Gasteiger partial charge in [-0.1, -0.05) is 6.07 Å². The minimum atomic E-state index is 0.526. The molecule has 0 aliphatic heterocycles. The van der Waals surface area contributed by atoms with E-state index in [9.17, 15) is 0 Å². The summed E-state index contributed by atoms with van der Waals surface area (Å²) in [5.41, 5.74) is 8.46. The Hall–Kier alpha value is -1.68. The predicted molar refractivity (Wildman–Crippen MR) is 54.3 cm³/mol. The lowest BCUT2D eigenvalue weighted by Crippen LogP contribution is -1.99. The molecule has 2 aromatic heterocycles. The van der Waals surface area contributed by atoms with Crippen LogP contribution < -0.4 is 5.73 Å². The lowest BCUT2D eigenvalue weighted by atomic mass is 10.2. The molecular weight excluding hydrogens is 176 g/mol. The Morgan fingerprint density at radius 2 is 2.21 bits per heavy atom. The van der Waals surface area contributed by atoms with E-state index in [1.54, 1.807) is 17.1 Å². The van der Waals surface area contributed by atoms with Gasteiger partial charge in [-0.2, -0.15) is 5.10 Å². The average molecular weight is 188 g/mol. The van der Waals surface area contributed by atoms with Crippen LogP contribution in [0.2, 0.25) is 0 Å². The van der Waals surface area contributed by atoms with Gasteiger partial charge >= 0.3 is 0 Å². The summed E-state index contributed by atoms with van der Waals surface area (Å²) >= 11 is 0. The van der Waals surface area contributed by atoms with Gasteiger partial charge in [0.15, 0.2) is 0 Å². The van der Waals surface area contributed by atoms with Gasteiger partial charge in [-0.3, -0.25) is 9.67 Å². The number of rotatable bonds is 2. The second-order valence-electron chi connectivity index (χ2n) is 3.10. The third kappa shape index (κ3) is 1.52. The Kier molecular flexibility index (Phi) is 2.28. The first-order valence-corrected chi connectivity index (χ1v) is 4.44. The molecule has 0 aromatic carbocycles. The largest absolute Gasteiger partial charge is 0.326 e. The summed E-state index contributed by atoms with van der Waals surface area (Å²) in [5.74, 6) is 0. The highest BCUT2D eigenvalue weighted by Crippen LogP contribution is 2.14. The number of nitrogens with zero attached hydrogens (tertiary/aromatic N) is 3. The molecule has 0 atom stereocenters. The van der Waals surface area contributed by atoms with E-state index in [2.05, 4.69) is 10.1 Å². The fraction of sp³-hybridized carbons (Fsp3) is 0.200. The third-order valence-electron chi connectivity index (χ3n) is 2.14. The van der Waals surface area contributed by atoms with E-state index in [0.29, 0.717) is 6.54 Å². The molecule has 0 radical (unpaired) electrons. The molecule has 0 aliphatic carbocycles. The van der Waals surface area contributed by atoms with Crippen LogP contribution in [0.3, 0.4) is 0 Å². The molecule has 4 heteroatoms. The van der Waals surface area contributed by atoms with Crippen LogP contribution in [-0.2, 0) is 13.6 Å². The number of aromatic nitrogens is 3. The molecule has 0 spiro atoms. The molecule has 0 unspecified atom stereocenters. The lowest BCUT2D eigenvalue weighted by molar-refractivity contribution is 0.773. The molecule has 2 rings (SSSR count). The van der Waals surface area contributed by atoms with Crippen molar-refractivity contribution >= 4 is 0 Å². The van der Waals surface area contributed by atoms with E-state index >= 15 is 0 Å². The number of hydrogen-bond donors (Lipinski definition) is 1. The van der Waals surface area contributed by atoms with E-state index in [1.807, 2.05) is 25.2 Å². The highest BCUT2D eigenvalue weighted by Gasteiger charge is 2.02. The zero-order chi connectivity index (χ0) is 9.97. The minimum absolute atomic E-state index is 0.526. The Morgan fingerprint density at radius 1 is 1.36 bits per heavy atom. The maximum Gasteiger partial charge on any atom is 0.0883 e. The van der Waals surface area contributed by atoms with Gasteiger partial charge in [-0.25, -0.2) is 0 Å². The zero-order valence-corrected chi connectivity index (χ0v) is 8.01. The Labute approximate surface area is 82.4 Å². The van der Waals surface area contributed by atoms with E-state index in [-0.39, 0.29) is 0 Å². The van der Waals surface area contributed by atoms with Crippen molar-refractivity contribution in [2.75, 3.05) is 0 Å². The number of aryl methyl sites for hydroxylation is 1. The fourth-order valence-corrected chi connectivity index (χ4v) is 1.32. The molecule has 72 valence electrons. The van der Waals surface area contributed by atoms with Crippen LogP contribution in [0, 0.1) is 0 Å². The summed E-state index contributed by atoms with van der Waals surface area (Å²) < 4.78 is 1.80. The van der Waals surface area contributed by atoms with Gasteiger partial charge in [0.05, 0.1) is 11.4 Å². The van der Waals surface area contributed by atoms with Crippen LogP contribution in [0.15, 0.2) is 30.6 Å². The summed E-state index contributed by atoms with van der Waals surface area (Å²) in [4.78, 5) is 4.31. The van der Waals surface area contributed by atoms with Crippen molar-refractivity contribution in [1.29, 1.82) is 0 Å². The topological polar surface area (TPSA) is 56.7 Å². The van der Waals surface area contributed by atoms with Crippen molar-refractivity contribution in [2.24, 2.45) is 12.8 Å². The van der Waals surface area contributed by atoms with E-state index in [0.717, 1.165) is 17.0 Å². The Bertz CT molecular complexity index is 416. The predicted octanol–water partition coefficient (Wildman–Crippen LogP) is 0.941. The molecule has 2 aromatic rings. The average Bonchev–Trinajstić information content (AvgIpc) is 2.65. The van der Waals surface area contributed by atoms with Crippen LogP contribution in [0.25, 0.3) is 11.4 Å². The molecular formula is C10H12N4. The van der Waals surface area contributed by atoms with E-state index < -0.39 is 0 Å².